The van der Waals surface area contributed by atoms with Crippen molar-refractivity contribution in [3.8, 4) is 0 Å². The number of nitrogens with two attached hydrogens (primary N) is 1. The molecule has 9 heteroatoms. The van der Waals surface area contributed by atoms with Crippen LogP contribution >= 0.6 is 0 Å². The highest BCUT2D eigenvalue weighted by Gasteiger charge is 2.47. The first-order valence-corrected chi connectivity index (χ1v) is 18.8. The molecule has 0 aliphatic heterocycles. The number of fused-ring (bicyclic) bond motifs is 1. The van der Waals surface area contributed by atoms with Gasteiger partial charge in [-0.3, -0.25) is 14.6 Å². The minimum atomic E-state index is -2.34. The first-order chi connectivity index (χ1) is 21.7. The van der Waals surface area contributed by atoms with Crippen LogP contribution in [-0.2, 0) is 16.1 Å². The van der Waals surface area contributed by atoms with Crippen LogP contribution in [0.3, 0.4) is 0 Å². The Morgan fingerprint density at radius 2 is 1.56 bits per heavy atom. The summed E-state index contributed by atoms with van der Waals surface area (Å²) in [5.41, 5.74) is 6.24. The molecule has 8 nitrogen and oxygen atoms in total. The second kappa shape index (κ2) is 16.0. The van der Waals surface area contributed by atoms with Gasteiger partial charge in [0.15, 0.2) is 11.2 Å². The second-order valence-corrected chi connectivity index (χ2v) is 18.3. The number of unbranched alkanes of at least 4 members (excludes halogenated alkanes) is 6. The Labute approximate surface area is 268 Å². The lowest BCUT2D eigenvalue weighted by atomic mass is 10.1. The fraction of sp³-hybridized carbons (Fsp3) is 0.500. The van der Waals surface area contributed by atoms with Crippen LogP contribution < -0.4 is 21.7 Å². The maximum absolute atomic E-state index is 12.9. The van der Waals surface area contributed by atoms with Crippen molar-refractivity contribution in [3.05, 3.63) is 77.3 Å². The van der Waals surface area contributed by atoms with Gasteiger partial charge in [-0.2, -0.15) is 4.98 Å². The quantitative estimate of drug-likeness (QED) is 0.0787. The van der Waals surface area contributed by atoms with E-state index in [1.54, 1.807) is 6.33 Å². The zero-order valence-electron chi connectivity index (χ0n) is 27.6. The Kier molecular flexibility index (Phi) is 12.2. The van der Waals surface area contributed by atoms with Crippen LogP contribution in [0.25, 0.3) is 11.2 Å². The van der Waals surface area contributed by atoms with Crippen LogP contribution in [0.4, 0.5) is 5.95 Å². The van der Waals surface area contributed by atoms with Crippen LogP contribution in [0, 0.1) is 5.92 Å². The number of aromatic amines is 1. The Bertz CT molecular complexity index is 1510. The second-order valence-electron chi connectivity index (χ2n) is 13.4. The van der Waals surface area contributed by atoms with Gasteiger partial charge in [0, 0.05) is 18.9 Å². The summed E-state index contributed by atoms with van der Waals surface area (Å²) in [5, 5.41) is 2.80. The molecule has 0 aliphatic rings. The molecule has 2 aromatic carbocycles. The Hall–Kier alpha value is -3.72. The molecule has 1 atom stereocenters. The molecule has 0 saturated heterocycles. The smallest absolute Gasteiger partial charge is 0.305 e. The molecule has 2 aromatic heterocycles. The summed E-state index contributed by atoms with van der Waals surface area (Å²) in [7, 11) is -2.34. The molecule has 0 radical (unpaired) electrons. The number of carbonyl (C=O) groups is 1. The number of carbonyl (C=O) groups excluding carboxylic acids is 1. The fourth-order valence-corrected chi connectivity index (χ4v) is 12.4. The third-order valence-corrected chi connectivity index (χ3v) is 15.4. The molecule has 45 heavy (non-hydrogen) atoms. The summed E-state index contributed by atoms with van der Waals surface area (Å²) >= 11 is 0. The van der Waals surface area contributed by atoms with Crippen molar-refractivity contribution in [3.63, 3.8) is 0 Å². The van der Waals surface area contributed by atoms with Crippen molar-refractivity contribution in [2.45, 2.75) is 103 Å². The zero-order chi connectivity index (χ0) is 32.3. The lowest BCUT2D eigenvalue weighted by molar-refractivity contribution is -0.145. The lowest BCUT2D eigenvalue weighted by Gasteiger charge is -2.45. The number of benzene rings is 2. The summed E-state index contributed by atoms with van der Waals surface area (Å²) in [6.07, 6.45) is 11.0. The number of aromatic nitrogens is 4. The van der Waals surface area contributed by atoms with E-state index in [9.17, 15) is 9.59 Å². The molecule has 0 fully saturated rings. The van der Waals surface area contributed by atoms with Crippen LogP contribution in [0.5, 0.6) is 0 Å². The average molecular weight is 630 g/mol. The Balaban J connectivity index is 1.57. The van der Waals surface area contributed by atoms with E-state index >= 15 is 0 Å². The first-order valence-electron chi connectivity index (χ1n) is 16.6. The molecule has 1 unspecified atom stereocenters. The van der Waals surface area contributed by atoms with Crippen molar-refractivity contribution in [2.75, 3.05) is 12.3 Å². The number of ether oxygens (including phenoxy) is 1. The van der Waals surface area contributed by atoms with Gasteiger partial charge in [-0.15, -0.1) is 0 Å². The molecule has 242 valence electrons. The highest BCUT2D eigenvalue weighted by molar-refractivity contribution is 7.04. The number of H-pyrrole nitrogens is 1. The van der Waals surface area contributed by atoms with E-state index in [-0.39, 0.29) is 33.9 Å². The van der Waals surface area contributed by atoms with E-state index in [4.69, 9.17) is 10.5 Å². The third-order valence-electron chi connectivity index (χ3n) is 9.15. The number of rotatable bonds is 17. The summed E-state index contributed by atoms with van der Waals surface area (Å²) in [6, 6.07) is 22.8. The highest BCUT2D eigenvalue weighted by atomic mass is 28.3. The van der Waals surface area contributed by atoms with Gasteiger partial charge in [0.1, 0.15) is 8.07 Å². The maximum atomic E-state index is 12.9. The number of hydrogen-bond acceptors (Lipinski definition) is 6. The van der Waals surface area contributed by atoms with E-state index < -0.39 is 8.07 Å². The van der Waals surface area contributed by atoms with Crippen LogP contribution in [0.2, 0.25) is 11.1 Å². The summed E-state index contributed by atoms with van der Waals surface area (Å²) < 4.78 is 7.83. The predicted octanol–water partition coefficient (Wildman–Crippen LogP) is 6.46. The van der Waals surface area contributed by atoms with Crippen molar-refractivity contribution in [1.82, 2.24) is 19.5 Å². The number of nitrogens with one attached hydrogen (secondary N) is 1. The highest BCUT2D eigenvalue weighted by Crippen LogP contribution is 2.40. The topological polar surface area (TPSA) is 116 Å². The molecule has 0 spiro atoms. The molecule has 0 aliphatic carbocycles. The Morgan fingerprint density at radius 1 is 0.956 bits per heavy atom. The largest absolute Gasteiger partial charge is 0.465 e. The maximum Gasteiger partial charge on any atom is 0.305 e. The van der Waals surface area contributed by atoms with Crippen molar-refractivity contribution in [2.24, 2.45) is 5.92 Å². The molecule has 0 amide bonds. The summed E-state index contributed by atoms with van der Waals surface area (Å²) in [6.45, 7) is 10.1. The van der Waals surface area contributed by atoms with Gasteiger partial charge in [-0.1, -0.05) is 137 Å². The number of imidazole rings is 1. The number of nitrogen functional groups attached to an aromatic ring is 1. The van der Waals surface area contributed by atoms with E-state index in [1.165, 1.54) is 36.1 Å². The van der Waals surface area contributed by atoms with Crippen molar-refractivity contribution >= 4 is 41.5 Å². The zero-order valence-corrected chi connectivity index (χ0v) is 28.6. The summed E-state index contributed by atoms with van der Waals surface area (Å²) in [4.78, 5) is 36.6. The lowest BCUT2D eigenvalue weighted by Crippen LogP contribution is -2.64. The van der Waals surface area contributed by atoms with Gasteiger partial charge in [0.25, 0.3) is 5.56 Å². The van der Waals surface area contributed by atoms with E-state index in [2.05, 4.69) is 103 Å². The molecule has 0 saturated carbocycles. The summed E-state index contributed by atoms with van der Waals surface area (Å²) in [5.74, 6) is -0.100. The van der Waals surface area contributed by atoms with Gasteiger partial charge >= 0.3 is 5.97 Å². The number of esters is 1. The first kappa shape index (κ1) is 34.2. The van der Waals surface area contributed by atoms with Crippen LogP contribution in [0.1, 0.15) is 85.5 Å². The predicted molar refractivity (Wildman–Crippen MR) is 187 cm³/mol. The van der Waals surface area contributed by atoms with E-state index in [1.807, 2.05) is 4.57 Å². The minimum absolute atomic E-state index is 0.00986. The van der Waals surface area contributed by atoms with E-state index in [0.717, 1.165) is 31.7 Å². The number of nitrogens with zero attached hydrogens (tertiary/aromatic N) is 3. The SMILES string of the molecule is CCCCCCCCCC(=O)OCC(CC[Si](c1ccccc1)(c1ccccc1)C(C)(C)C)Cn1cnc2c(=O)[nH]c(N)nc21. The van der Waals surface area contributed by atoms with Gasteiger partial charge < -0.3 is 15.0 Å². The molecule has 4 rings (SSSR count). The molecular weight excluding hydrogens is 579 g/mol. The Morgan fingerprint density at radius 3 is 2.16 bits per heavy atom. The molecule has 0 bridgehead atoms. The number of anilines is 1. The number of hydrogen-bond donors (Lipinski definition) is 2. The van der Waals surface area contributed by atoms with Gasteiger partial charge in [0.2, 0.25) is 5.95 Å². The monoisotopic (exact) mass is 629 g/mol. The van der Waals surface area contributed by atoms with Crippen LogP contribution in [0.15, 0.2) is 71.8 Å². The van der Waals surface area contributed by atoms with Crippen molar-refractivity contribution in [1.29, 1.82) is 0 Å². The standard InChI is InChI=1S/C36H51N5O3Si/c1-5-6-7-8-9-10-17-22-31(42)44-26-28(25-41-27-38-32-33(41)39-35(37)40-34(32)43)23-24-45(36(2,3)4,29-18-13-11-14-19-29)30-20-15-12-16-21-30/h11-16,18-21,27-28H,5-10,17,22-26H2,1-4H3,(H3,37,39,40,43). The molecule has 2 heterocycles. The molecule has 4 aromatic rings. The average Bonchev–Trinajstić information content (AvgIpc) is 3.42. The molecular formula is C36H51N5O3Si. The minimum Gasteiger partial charge on any atom is -0.465 e. The fourth-order valence-electron chi connectivity index (χ4n) is 6.68. The van der Waals surface area contributed by atoms with Crippen LogP contribution in [-0.4, -0.2) is 40.2 Å². The third kappa shape index (κ3) is 8.72. The van der Waals surface area contributed by atoms with Gasteiger partial charge in [-0.25, -0.2) is 4.98 Å². The van der Waals surface area contributed by atoms with Crippen molar-refractivity contribution < 1.29 is 9.53 Å². The van der Waals surface area contributed by atoms with E-state index in [0.29, 0.717) is 25.2 Å². The van der Waals surface area contributed by atoms with Gasteiger partial charge in [0.05, 0.1) is 12.9 Å². The van der Waals surface area contributed by atoms with Gasteiger partial charge in [-0.05, 0) is 23.9 Å². The normalized spacial score (nSPS) is 12.8. The molecule has 3 N–H and O–H groups in total.